The van der Waals surface area contributed by atoms with Crippen molar-refractivity contribution in [1.29, 1.82) is 0 Å². The molecule has 2 N–H and O–H groups in total. The first-order chi connectivity index (χ1) is 12.7. The zero-order valence-electron chi connectivity index (χ0n) is 15.2. The summed E-state index contributed by atoms with van der Waals surface area (Å²) in [5.74, 6) is 0.0988. The number of hydrogen-bond acceptors (Lipinski definition) is 5. The van der Waals surface area contributed by atoms with Gasteiger partial charge in [0.15, 0.2) is 0 Å². The number of piperidine rings is 1. The Balaban J connectivity index is 1.26. The van der Waals surface area contributed by atoms with E-state index in [2.05, 4.69) is 20.6 Å². The third-order valence-electron chi connectivity index (χ3n) is 5.44. The molecule has 2 aliphatic heterocycles. The Kier molecular flexibility index (Phi) is 5.21. The Morgan fingerprint density at radius 1 is 1.19 bits per heavy atom. The fraction of sp³-hybridized carbons (Fsp3) is 0.722. The maximum absolute atomic E-state index is 12.7. The molecule has 2 amide bonds. The van der Waals surface area contributed by atoms with Crippen molar-refractivity contribution in [3.8, 4) is 0 Å². The van der Waals surface area contributed by atoms with Crippen molar-refractivity contribution in [1.82, 2.24) is 30.2 Å². The summed E-state index contributed by atoms with van der Waals surface area (Å²) in [5, 5.41) is 10.9. The normalized spacial score (nSPS) is 24.5. The van der Waals surface area contributed by atoms with Gasteiger partial charge in [-0.1, -0.05) is 0 Å². The number of nitrogens with zero attached hydrogens (tertiary/aromatic N) is 4. The van der Waals surface area contributed by atoms with E-state index in [4.69, 9.17) is 0 Å². The van der Waals surface area contributed by atoms with E-state index in [0.29, 0.717) is 37.4 Å². The van der Waals surface area contributed by atoms with Gasteiger partial charge in [0.1, 0.15) is 5.69 Å². The highest BCUT2D eigenvalue weighted by molar-refractivity contribution is 5.92. The van der Waals surface area contributed by atoms with Gasteiger partial charge < -0.3 is 15.5 Å². The molecular formula is C18H28N6O2. The molecule has 1 saturated carbocycles. The maximum atomic E-state index is 12.7. The van der Waals surface area contributed by atoms with Crippen LogP contribution in [-0.2, 0) is 4.79 Å². The maximum Gasteiger partial charge on any atom is 0.274 e. The molecule has 2 saturated heterocycles. The summed E-state index contributed by atoms with van der Waals surface area (Å²) in [6, 6.07) is 2.57. The molecule has 1 aliphatic carbocycles. The van der Waals surface area contributed by atoms with Crippen molar-refractivity contribution >= 4 is 11.8 Å². The quantitative estimate of drug-likeness (QED) is 0.763. The minimum Gasteiger partial charge on any atom is -0.352 e. The smallest absolute Gasteiger partial charge is 0.274 e. The third-order valence-corrected chi connectivity index (χ3v) is 5.44. The molecule has 26 heavy (non-hydrogen) atoms. The molecule has 0 aromatic carbocycles. The average molecular weight is 360 g/mol. The summed E-state index contributed by atoms with van der Waals surface area (Å²) in [5.41, 5.74) is 0.524. The molecule has 0 radical (unpaired) electrons. The molecule has 1 atom stereocenters. The van der Waals surface area contributed by atoms with Crippen molar-refractivity contribution in [2.24, 2.45) is 0 Å². The lowest BCUT2D eigenvalue weighted by molar-refractivity contribution is -0.122. The fourth-order valence-corrected chi connectivity index (χ4v) is 3.69. The van der Waals surface area contributed by atoms with Gasteiger partial charge in [0.2, 0.25) is 5.91 Å². The summed E-state index contributed by atoms with van der Waals surface area (Å²) in [6.07, 6.45) is 6.38. The number of aromatic nitrogens is 2. The van der Waals surface area contributed by atoms with Crippen molar-refractivity contribution < 1.29 is 9.59 Å². The van der Waals surface area contributed by atoms with Crippen LogP contribution < -0.4 is 10.6 Å². The molecule has 1 aromatic rings. The number of nitrogens with one attached hydrogen (secondary N) is 2. The lowest BCUT2D eigenvalue weighted by Gasteiger charge is -2.34. The third kappa shape index (κ3) is 4.24. The van der Waals surface area contributed by atoms with Crippen LogP contribution in [0.3, 0.4) is 0 Å². The predicted octanol–water partition coefficient (Wildman–Crippen LogP) is -0.156. The van der Waals surface area contributed by atoms with Crippen LogP contribution in [0.15, 0.2) is 12.3 Å². The second kappa shape index (κ2) is 7.75. The lowest BCUT2D eigenvalue weighted by Crippen LogP contribution is -2.51. The van der Waals surface area contributed by atoms with E-state index in [1.54, 1.807) is 0 Å². The Morgan fingerprint density at radius 3 is 2.69 bits per heavy atom. The van der Waals surface area contributed by atoms with Crippen molar-refractivity contribution in [3.05, 3.63) is 18.0 Å². The van der Waals surface area contributed by atoms with Crippen LogP contribution in [0.4, 0.5) is 0 Å². The highest BCUT2D eigenvalue weighted by Gasteiger charge is 2.27. The molecule has 3 heterocycles. The van der Waals surface area contributed by atoms with E-state index in [1.807, 2.05) is 21.8 Å². The van der Waals surface area contributed by atoms with Crippen molar-refractivity contribution in [2.75, 3.05) is 45.8 Å². The largest absolute Gasteiger partial charge is 0.352 e. The van der Waals surface area contributed by atoms with Gasteiger partial charge in [-0.2, -0.15) is 5.10 Å². The van der Waals surface area contributed by atoms with Crippen LogP contribution in [0.1, 0.15) is 42.2 Å². The second-order valence-electron chi connectivity index (χ2n) is 7.59. The Morgan fingerprint density at radius 2 is 2.00 bits per heavy atom. The van der Waals surface area contributed by atoms with Crippen LogP contribution in [0.5, 0.6) is 0 Å². The van der Waals surface area contributed by atoms with Gasteiger partial charge in [-0.25, -0.2) is 0 Å². The van der Waals surface area contributed by atoms with Gasteiger partial charge in [0, 0.05) is 45.0 Å². The summed E-state index contributed by atoms with van der Waals surface area (Å²) in [7, 11) is 0. The first-order valence-corrected chi connectivity index (χ1v) is 9.76. The predicted molar refractivity (Wildman–Crippen MR) is 96.9 cm³/mol. The zero-order valence-corrected chi connectivity index (χ0v) is 15.2. The number of carbonyl (C=O) groups excluding carboxylic acids is 2. The lowest BCUT2D eigenvalue weighted by atomic mass is 10.1. The molecule has 8 heteroatoms. The number of piperazine rings is 1. The van der Waals surface area contributed by atoms with Gasteiger partial charge in [0.25, 0.3) is 5.91 Å². The first-order valence-electron chi connectivity index (χ1n) is 9.76. The SMILES string of the molecule is O=C(CN1CCN(C(=O)c2ccn(C3CCCNC3)n2)CC1)NC1CC1. The molecular weight excluding hydrogens is 332 g/mol. The van der Waals surface area contributed by atoms with E-state index in [9.17, 15) is 9.59 Å². The van der Waals surface area contributed by atoms with E-state index in [1.165, 1.54) is 0 Å². The number of rotatable bonds is 5. The van der Waals surface area contributed by atoms with Gasteiger partial charge in [-0.05, 0) is 38.3 Å². The van der Waals surface area contributed by atoms with E-state index >= 15 is 0 Å². The van der Waals surface area contributed by atoms with E-state index in [0.717, 1.165) is 51.9 Å². The second-order valence-corrected chi connectivity index (χ2v) is 7.59. The van der Waals surface area contributed by atoms with E-state index < -0.39 is 0 Å². The Hall–Kier alpha value is -1.93. The number of carbonyl (C=O) groups is 2. The highest BCUT2D eigenvalue weighted by atomic mass is 16.2. The standard InChI is InChI=1S/C18H28N6O2/c25-17(20-14-3-4-14)13-22-8-10-23(11-9-22)18(26)16-5-7-24(21-16)15-2-1-6-19-12-15/h5,7,14-15,19H,1-4,6,8-13H2,(H,20,25). The summed E-state index contributed by atoms with van der Waals surface area (Å²) in [4.78, 5) is 28.6. The van der Waals surface area contributed by atoms with Crippen molar-refractivity contribution in [3.63, 3.8) is 0 Å². The molecule has 142 valence electrons. The number of amides is 2. The van der Waals surface area contributed by atoms with Crippen LogP contribution >= 0.6 is 0 Å². The van der Waals surface area contributed by atoms with Crippen molar-refractivity contribution in [2.45, 2.75) is 37.8 Å². The fourth-order valence-electron chi connectivity index (χ4n) is 3.69. The van der Waals surface area contributed by atoms with E-state index in [-0.39, 0.29) is 11.8 Å². The van der Waals surface area contributed by atoms with Gasteiger partial charge in [-0.3, -0.25) is 19.2 Å². The van der Waals surface area contributed by atoms with Gasteiger partial charge in [-0.15, -0.1) is 0 Å². The number of hydrogen-bond donors (Lipinski definition) is 2. The molecule has 0 spiro atoms. The molecule has 8 nitrogen and oxygen atoms in total. The Bertz CT molecular complexity index is 642. The Labute approximate surface area is 153 Å². The molecule has 0 bridgehead atoms. The minimum absolute atomic E-state index is 0.00500. The molecule has 1 aromatic heterocycles. The monoisotopic (exact) mass is 360 g/mol. The minimum atomic E-state index is -0.00500. The zero-order chi connectivity index (χ0) is 17.9. The topological polar surface area (TPSA) is 82.5 Å². The molecule has 3 fully saturated rings. The van der Waals surface area contributed by atoms with Crippen LogP contribution in [-0.4, -0.2) is 83.2 Å². The summed E-state index contributed by atoms with van der Waals surface area (Å²) < 4.78 is 1.93. The first kappa shape index (κ1) is 17.5. The molecule has 1 unspecified atom stereocenters. The summed E-state index contributed by atoms with van der Waals surface area (Å²) in [6.45, 7) is 5.17. The van der Waals surface area contributed by atoms with Crippen LogP contribution in [0.2, 0.25) is 0 Å². The molecule has 3 aliphatic rings. The van der Waals surface area contributed by atoms with Crippen LogP contribution in [0.25, 0.3) is 0 Å². The average Bonchev–Trinajstić information content (AvgIpc) is 3.34. The molecule has 4 rings (SSSR count). The summed E-state index contributed by atoms with van der Waals surface area (Å²) >= 11 is 0. The highest BCUT2D eigenvalue weighted by Crippen LogP contribution is 2.19. The van der Waals surface area contributed by atoms with Crippen LogP contribution in [0, 0.1) is 0 Å². The van der Waals surface area contributed by atoms with Gasteiger partial charge >= 0.3 is 0 Å². The van der Waals surface area contributed by atoms with Gasteiger partial charge in [0.05, 0.1) is 12.6 Å².